The molecule has 0 aromatic heterocycles. The monoisotopic (exact) mass is 554 g/mol. The van der Waals surface area contributed by atoms with Gasteiger partial charge in [-0.2, -0.15) is 0 Å². The Kier molecular flexibility index (Phi) is 14.3. The van der Waals surface area contributed by atoms with E-state index in [2.05, 4.69) is 142 Å². The summed E-state index contributed by atoms with van der Waals surface area (Å²) in [5, 5.41) is 0. The van der Waals surface area contributed by atoms with E-state index in [-0.39, 0.29) is 16.2 Å². The minimum atomic E-state index is -0.118. The van der Waals surface area contributed by atoms with Crippen molar-refractivity contribution in [2.45, 2.75) is 139 Å². The molecule has 0 saturated carbocycles. The van der Waals surface area contributed by atoms with Crippen molar-refractivity contribution in [1.82, 2.24) is 0 Å². The summed E-state index contributed by atoms with van der Waals surface area (Å²) in [6.07, 6.45) is 17.9. The Morgan fingerprint density at radius 1 is 0.610 bits per heavy atom. The minimum Gasteiger partial charge on any atom is -0.0874 e. The summed E-state index contributed by atoms with van der Waals surface area (Å²) in [7, 11) is 0. The molecule has 0 heteroatoms. The molecule has 226 valence electrons. The molecule has 1 aliphatic carbocycles. The van der Waals surface area contributed by atoms with Crippen LogP contribution in [0, 0.1) is 0 Å². The van der Waals surface area contributed by atoms with Gasteiger partial charge in [0.05, 0.1) is 0 Å². The molecule has 0 amide bonds. The van der Waals surface area contributed by atoms with Crippen LogP contribution in [0.5, 0.6) is 0 Å². The maximum atomic E-state index is 2.56. The second kappa shape index (κ2) is 16.1. The van der Waals surface area contributed by atoms with Gasteiger partial charge in [-0.05, 0) is 97.6 Å². The van der Waals surface area contributed by atoms with E-state index in [0.29, 0.717) is 0 Å². The first-order chi connectivity index (χ1) is 19.5. The first-order valence-corrected chi connectivity index (χ1v) is 16.4. The van der Waals surface area contributed by atoms with E-state index in [1.54, 1.807) is 0 Å². The fourth-order valence-electron chi connectivity index (χ4n) is 5.83. The van der Waals surface area contributed by atoms with Gasteiger partial charge in [0.25, 0.3) is 0 Å². The van der Waals surface area contributed by atoms with Crippen LogP contribution in [0.25, 0.3) is 11.1 Å². The maximum Gasteiger partial charge on any atom is 0.0295 e. The van der Waals surface area contributed by atoms with Crippen LogP contribution in [-0.4, -0.2) is 0 Å². The van der Waals surface area contributed by atoms with Crippen molar-refractivity contribution < 1.29 is 0 Å². The van der Waals surface area contributed by atoms with Crippen molar-refractivity contribution in [3.63, 3.8) is 0 Å². The quantitative estimate of drug-likeness (QED) is 0.256. The molecule has 0 heterocycles. The second-order valence-electron chi connectivity index (χ2n) is 12.2. The van der Waals surface area contributed by atoms with Crippen LogP contribution in [0.3, 0.4) is 0 Å². The molecule has 3 rings (SSSR count). The number of fused-ring (bicyclic) bond motifs is 3. The molecule has 0 nitrogen and oxygen atoms in total. The topological polar surface area (TPSA) is 0 Å². The lowest BCUT2D eigenvalue weighted by Crippen LogP contribution is -2.28. The van der Waals surface area contributed by atoms with Crippen LogP contribution in [0.1, 0.15) is 145 Å². The Bertz CT molecular complexity index is 1130. The molecular formula is C41H62. The van der Waals surface area contributed by atoms with Crippen LogP contribution in [-0.2, 0) is 16.2 Å². The fourth-order valence-corrected chi connectivity index (χ4v) is 5.83. The zero-order chi connectivity index (χ0) is 31.4. The van der Waals surface area contributed by atoms with Crippen molar-refractivity contribution >= 4 is 0 Å². The van der Waals surface area contributed by atoms with E-state index < -0.39 is 0 Å². The van der Waals surface area contributed by atoms with E-state index in [1.807, 2.05) is 27.7 Å². The van der Waals surface area contributed by atoms with Crippen LogP contribution in [0.2, 0.25) is 0 Å². The summed E-state index contributed by atoms with van der Waals surface area (Å²) in [6.45, 7) is 30.8. The first kappa shape index (κ1) is 36.4. The van der Waals surface area contributed by atoms with Crippen molar-refractivity contribution in [2.75, 3.05) is 0 Å². The molecule has 1 aliphatic rings. The van der Waals surface area contributed by atoms with Gasteiger partial charge in [0.2, 0.25) is 0 Å². The third-order valence-corrected chi connectivity index (χ3v) is 9.21. The molecule has 0 fully saturated rings. The highest BCUT2D eigenvalue weighted by molar-refractivity contribution is 5.82. The molecule has 0 unspecified atom stereocenters. The van der Waals surface area contributed by atoms with Crippen molar-refractivity contribution in [2.24, 2.45) is 0 Å². The highest BCUT2D eigenvalue weighted by Crippen LogP contribution is 2.56. The molecule has 0 saturated heterocycles. The van der Waals surface area contributed by atoms with Crippen LogP contribution in [0.4, 0.5) is 0 Å². The fraction of sp³-hybridized carbons (Fsp3) is 0.512. The van der Waals surface area contributed by atoms with E-state index in [1.165, 1.54) is 44.5 Å². The highest BCUT2D eigenvalue weighted by Gasteiger charge is 2.44. The lowest BCUT2D eigenvalue weighted by atomic mass is 9.67. The molecular weight excluding hydrogens is 492 g/mol. The van der Waals surface area contributed by atoms with E-state index in [4.69, 9.17) is 0 Å². The van der Waals surface area contributed by atoms with Gasteiger partial charge < -0.3 is 0 Å². The molecule has 0 aliphatic heterocycles. The van der Waals surface area contributed by atoms with Gasteiger partial charge in [-0.3, -0.25) is 0 Å². The third kappa shape index (κ3) is 7.82. The van der Waals surface area contributed by atoms with Gasteiger partial charge in [0.1, 0.15) is 0 Å². The number of rotatable bonds is 10. The van der Waals surface area contributed by atoms with Gasteiger partial charge in [0.15, 0.2) is 0 Å². The van der Waals surface area contributed by atoms with Gasteiger partial charge in [-0.1, -0.05) is 153 Å². The Morgan fingerprint density at radius 3 is 1.22 bits per heavy atom. The van der Waals surface area contributed by atoms with E-state index in [9.17, 15) is 0 Å². The van der Waals surface area contributed by atoms with Gasteiger partial charge in [-0.15, -0.1) is 0 Å². The Labute approximate surface area is 255 Å². The van der Waals surface area contributed by atoms with Crippen molar-refractivity contribution in [1.29, 1.82) is 0 Å². The Balaban J connectivity index is 0.00000201. The Hall–Kier alpha value is -2.60. The lowest BCUT2D eigenvalue weighted by Gasteiger charge is -2.36. The average molecular weight is 555 g/mol. The smallest absolute Gasteiger partial charge is 0.0295 e. The molecule has 0 spiro atoms. The predicted molar refractivity (Wildman–Crippen MR) is 188 cm³/mol. The number of benzene rings is 2. The van der Waals surface area contributed by atoms with E-state index in [0.717, 1.165) is 25.7 Å². The summed E-state index contributed by atoms with van der Waals surface area (Å²) < 4.78 is 0. The van der Waals surface area contributed by atoms with Crippen molar-refractivity contribution in [3.05, 3.63) is 106 Å². The van der Waals surface area contributed by atoms with Gasteiger partial charge in [-0.25, -0.2) is 0 Å². The van der Waals surface area contributed by atoms with Crippen LogP contribution < -0.4 is 0 Å². The summed E-state index contributed by atoms with van der Waals surface area (Å²) in [5.74, 6) is 0. The number of hydrogen-bond acceptors (Lipinski definition) is 0. The number of allylic oxidation sites excluding steroid dienone is 8. The number of hydrogen-bond donors (Lipinski definition) is 0. The van der Waals surface area contributed by atoms with Gasteiger partial charge in [0, 0.05) is 5.41 Å². The molecule has 0 atom stereocenters. The highest BCUT2D eigenvalue weighted by atomic mass is 14.5. The standard InChI is InChI=1S/C37H50.2C2H6/c1-11-17-27(13-3)25-37(26-28(14-4)18-12-2)33-23-29(35(7,8)15-5)19-21-31(33)32-22-20-30(24-34(32)37)36(9,10)16-6;2*1-2/h11-14,17-24H,15-16,25-26H2,1-10H3;2*1-2H3/b17-11-,18-12-,27-13+,28-14+;;. The van der Waals surface area contributed by atoms with Crippen molar-refractivity contribution in [3.8, 4) is 11.1 Å². The molecule has 0 bridgehead atoms. The zero-order valence-corrected chi connectivity index (χ0v) is 29.3. The molecule has 2 aromatic carbocycles. The van der Waals surface area contributed by atoms with Gasteiger partial charge >= 0.3 is 0 Å². The molecule has 0 radical (unpaired) electrons. The molecule has 2 aromatic rings. The summed E-state index contributed by atoms with van der Waals surface area (Å²) in [6, 6.07) is 14.7. The largest absolute Gasteiger partial charge is 0.0874 e. The third-order valence-electron chi connectivity index (χ3n) is 9.21. The maximum absolute atomic E-state index is 2.56. The first-order valence-electron chi connectivity index (χ1n) is 16.4. The molecule has 41 heavy (non-hydrogen) atoms. The van der Waals surface area contributed by atoms with E-state index >= 15 is 0 Å². The average Bonchev–Trinajstić information content (AvgIpc) is 3.26. The SMILES string of the molecule is C/C=C\C(=C/C)CC1(CC(/C=C\C)=C/C)c2cc(C(C)(C)CC)ccc2-c2ccc(C(C)(C)CC)cc21.CC.CC. The predicted octanol–water partition coefficient (Wildman–Crippen LogP) is 13.2. The lowest BCUT2D eigenvalue weighted by molar-refractivity contribution is 0.490. The summed E-state index contributed by atoms with van der Waals surface area (Å²) in [4.78, 5) is 0. The summed E-state index contributed by atoms with van der Waals surface area (Å²) >= 11 is 0. The summed E-state index contributed by atoms with van der Waals surface area (Å²) in [5.41, 5.74) is 11.7. The van der Waals surface area contributed by atoms with Crippen LogP contribution >= 0.6 is 0 Å². The normalized spacial score (nSPS) is 14.8. The Morgan fingerprint density at radius 2 is 0.951 bits per heavy atom. The zero-order valence-electron chi connectivity index (χ0n) is 29.3. The minimum absolute atomic E-state index is 0.118. The van der Waals surface area contributed by atoms with Crippen LogP contribution in [0.15, 0.2) is 84.0 Å². The molecule has 0 N–H and O–H groups in total. The second-order valence-corrected chi connectivity index (χ2v) is 12.2.